The SMILES string of the molecule is CC(C)(C)[Si](C)(C)OCC1c2ccccc2-c2ccc(N)cc21. The van der Waals surface area contributed by atoms with Crippen molar-refractivity contribution in [3.63, 3.8) is 0 Å². The van der Waals surface area contributed by atoms with Gasteiger partial charge in [0.15, 0.2) is 8.32 Å². The molecule has 1 aliphatic rings. The van der Waals surface area contributed by atoms with Crippen LogP contribution < -0.4 is 5.73 Å². The molecule has 0 heterocycles. The molecule has 3 heteroatoms. The fourth-order valence-electron chi connectivity index (χ4n) is 3.02. The highest BCUT2D eigenvalue weighted by molar-refractivity contribution is 6.74. The van der Waals surface area contributed by atoms with E-state index in [4.69, 9.17) is 10.2 Å². The molecule has 1 aliphatic carbocycles. The van der Waals surface area contributed by atoms with Crippen LogP contribution in [0.2, 0.25) is 18.1 Å². The highest BCUT2D eigenvalue weighted by Crippen LogP contribution is 2.46. The van der Waals surface area contributed by atoms with Crippen molar-refractivity contribution in [3.05, 3.63) is 53.6 Å². The second kappa shape index (κ2) is 5.50. The molecule has 0 amide bonds. The van der Waals surface area contributed by atoms with Crippen LogP contribution in [-0.4, -0.2) is 14.9 Å². The summed E-state index contributed by atoms with van der Waals surface area (Å²) in [7, 11) is -1.76. The van der Waals surface area contributed by atoms with E-state index in [0.717, 1.165) is 12.3 Å². The van der Waals surface area contributed by atoms with Gasteiger partial charge < -0.3 is 10.2 Å². The first-order valence-corrected chi connectivity index (χ1v) is 11.2. The Morgan fingerprint density at radius 1 is 1.00 bits per heavy atom. The lowest BCUT2D eigenvalue weighted by Gasteiger charge is -2.37. The zero-order chi connectivity index (χ0) is 16.8. The van der Waals surface area contributed by atoms with Gasteiger partial charge in [-0.1, -0.05) is 51.1 Å². The maximum absolute atomic E-state index is 6.53. The zero-order valence-electron chi connectivity index (χ0n) is 14.8. The predicted octanol–water partition coefficient (Wildman–Crippen LogP) is 5.40. The van der Waals surface area contributed by atoms with Gasteiger partial charge in [-0.3, -0.25) is 0 Å². The summed E-state index contributed by atoms with van der Waals surface area (Å²) in [5.74, 6) is 0.291. The van der Waals surface area contributed by atoms with E-state index < -0.39 is 8.32 Å². The molecule has 0 fully saturated rings. The van der Waals surface area contributed by atoms with E-state index >= 15 is 0 Å². The summed E-state index contributed by atoms with van der Waals surface area (Å²) in [5, 5.41) is 0.226. The van der Waals surface area contributed by atoms with Gasteiger partial charge in [-0.25, -0.2) is 0 Å². The number of benzene rings is 2. The van der Waals surface area contributed by atoms with E-state index in [0.29, 0.717) is 5.92 Å². The van der Waals surface area contributed by atoms with Crippen molar-refractivity contribution in [2.45, 2.75) is 44.8 Å². The van der Waals surface area contributed by atoms with Crippen molar-refractivity contribution in [1.29, 1.82) is 0 Å². The minimum atomic E-state index is -1.76. The maximum atomic E-state index is 6.53. The monoisotopic (exact) mass is 325 g/mol. The summed E-state index contributed by atoms with van der Waals surface area (Å²) < 4.78 is 6.53. The molecule has 122 valence electrons. The normalized spacial score (nSPS) is 17.0. The van der Waals surface area contributed by atoms with Crippen molar-refractivity contribution >= 4 is 14.0 Å². The number of rotatable bonds is 3. The molecule has 1 unspecified atom stereocenters. The Hall–Kier alpha value is -1.58. The number of nitrogen functional groups attached to an aromatic ring is 1. The summed E-state index contributed by atoms with van der Waals surface area (Å²) in [6.45, 7) is 12.2. The molecular weight excluding hydrogens is 298 g/mol. The summed E-state index contributed by atoms with van der Waals surface area (Å²) in [6, 6.07) is 14.9. The third-order valence-electron chi connectivity index (χ3n) is 5.49. The molecule has 0 radical (unpaired) electrons. The fourth-order valence-corrected chi connectivity index (χ4v) is 4.03. The first kappa shape index (κ1) is 16.3. The number of fused-ring (bicyclic) bond motifs is 3. The molecule has 3 rings (SSSR count). The largest absolute Gasteiger partial charge is 0.416 e. The van der Waals surface area contributed by atoms with Crippen LogP contribution in [0.3, 0.4) is 0 Å². The molecule has 23 heavy (non-hydrogen) atoms. The van der Waals surface area contributed by atoms with Gasteiger partial charge in [-0.2, -0.15) is 0 Å². The van der Waals surface area contributed by atoms with Crippen molar-refractivity contribution in [1.82, 2.24) is 0 Å². The summed E-state index contributed by atoms with van der Waals surface area (Å²) in [4.78, 5) is 0. The lowest BCUT2D eigenvalue weighted by Crippen LogP contribution is -2.41. The molecule has 2 aromatic carbocycles. The number of hydrogen-bond acceptors (Lipinski definition) is 2. The summed E-state index contributed by atoms with van der Waals surface area (Å²) in [5.41, 5.74) is 12.2. The zero-order valence-corrected chi connectivity index (χ0v) is 15.8. The molecule has 0 aromatic heterocycles. The molecule has 2 nitrogen and oxygen atoms in total. The Labute approximate surface area is 140 Å². The van der Waals surface area contributed by atoms with Crippen LogP contribution in [-0.2, 0) is 4.43 Å². The Morgan fingerprint density at radius 3 is 2.35 bits per heavy atom. The van der Waals surface area contributed by atoms with Crippen LogP contribution in [0, 0.1) is 0 Å². The van der Waals surface area contributed by atoms with Gasteiger partial charge >= 0.3 is 0 Å². The third kappa shape index (κ3) is 2.84. The van der Waals surface area contributed by atoms with E-state index in [1.807, 2.05) is 6.07 Å². The van der Waals surface area contributed by atoms with Gasteiger partial charge in [0.05, 0.1) is 0 Å². The van der Waals surface area contributed by atoms with Gasteiger partial charge in [-0.15, -0.1) is 0 Å². The highest BCUT2D eigenvalue weighted by atomic mass is 28.4. The summed E-state index contributed by atoms with van der Waals surface area (Å²) in [6.07, 6.45) is 0. The molecule has 0 aliphatic heterocycles. The van der Waals surface area contributed by atoms with E-state index in [9.17, 15) is 0 Å². The van der Waals surface area contributed by atoms with Crippen molar-refractivity contribution in [2.24, 2.45) is 0 Å². The van der Waals surface area contributed by atoms with E-state index in [2.05, 4.69) is 70.3 Å². The predicted molar refractivity (Wildman–Crippen MR) is 101 cm³/mol. The molecule has 0 saturated carbocycles. The van der Waals surface area contributed by atoms with Crippen LogP contribution in [0.1, 0.15) is 37.8 Å². The quantitative estimate of drug-likeness (QED) is 0.605. The maximum Gasteiger partial charge on any atom is 0.192 e. The van der Waals surface area contributed by atoms with Gasteiger partial charge in [0.25, 0.3) is 0 Å². The van der Waals surface area contributed by atoms with Crippen LogP contribution in [0.5, 0.6) is 0 Å². The van der Waals surface area contributed by atoms with Crippen LogP contribution in [0.4, 0.5) is 5.69 Å². The van der Waals surface area contributed by atoms with Crippen LogP contribution >= 0.6 is 0 Å². The van der Waals surface area contributed by atoms with Gasteiger partial charge in [-0.05, 0) is 52.5 Å². The van der Waals surface area contributed by atoms with E-state index in [1.54, 1.807) is 0 Å². The topological polar surface area (TPSA) is 35.2 Å². The molecule has 0 saturated heterocycles. The standard InChI is InChI=1S/C20H27NOSi/c1-20(2,3)23(4,5)22-13-19-16-9-7-6-8-15(16)17-11-10-14(21)12-18(17)19/h6-12,19H,13,21H2,1-5H3. The first-order chi connectivity index (χ1) is 10.7. The summed E-state index contributed by atoms with van der Waals surface area (Å²) >= 11 is 0. The van der Waals surface area contributed by atoms with Gasteiger partial charge in [0.2, 0.25) is 0 Å². The lowest BCUT2D eigenvalue weighted by molar-refractivity contribution is 0.277. The lowest BCUT2D eigenvalue weighted by atomic mass is 9.98. The average Bonchev–Trinajstić information content (AvgIpc) is 2.77. The van der Waals surface area contributed by atoms with Gasteiger partial charge in [0, 0.05) is 18.2 Å². The Bertz CT molecular complexity index is 731. The molecular formula is C20H27NOSi. The third-order valence-corrected chi connectivity index (χ3v) is 10.00. The Morgan fingerprint density at radius 2 is 1.65 bits per heavy atom. The molecule has 2 aromatic rings. The molecule has 1 atom stereocenters. The number of hydrogen-bond donors (Lipinski definition) is 1. The van der Waals surface area contributed by atoms with Crippen molar-refractivity contribution in [3.8, 4) is 11.1 Å². The Balaban J connectivity index is 1.95. The number of anilines is 1. The van der Waals surface area contributed by atoms with Crippen LogP contribution in [0.15, 0.2) is 42.5 Å². The smallest absolute Gasteiger partial charge is 0.192 e. The minimum absolute atomic E-state index is 0.226. The van der Waals surface area contributed by atoms with Crippen LogP contribution in [0.25, 0.3) is 11.1 Å². The van der Waals surface area contributed by atoms with E-state index in [-0.39, 0.29) is 5.04 Å². The highest BCUT2D eigenvalue weighted by Gasteiger charge is 2.39. The number of nitrogens with two attached hydrogens (primary N) is 1. The second-order valence-corrected chi connectivity index (χ2v) is 12.9. The van der Waals surface area contributed by atoms with Crippen molar-refractivity contribution < 1.29 is 4.43 Å². The fraction of sp³-hybridized carbons (Fsp3) is 0.400. The Kier molecular flexibility index (Phi) is 3.89. The molecule has 0 bridgehead atoms. The van der Waals surface area contributed by atoms with Gasteiger partial charge in [0.1, 0.15) is 0 Å². The van der Waals surface area contributed by atoms with E-state index in [1.165, 1.54) is 22.3 Å². The average molecular weight is 326 g/mol. The minimum Gasteiger partial charge on any atom is -0.416 e. The molecule has 0 spiro atoms. The molecule has 2 N–H and O–H groups in total. The second-order valence-electron chi connectivity index (χ2n) is 8.06. The first-order valence-electron chi connectivity index (χ1n) is 8.33. The van der Waals surface area contributed by atoms with Crippen molar-refractivity contribution in [2.75, 3.05) is 12.3 Å².